The average molecular weight is 316 g/mol. The summed E-state index contributed by atoms with van der Waals surface area (Å²) in [7, 11) is 0. The fraction of sp³-hybridized carbons (Fsp3) is 0. The molecule has 3 rings (SSSR count). The van der Waals surface area contributed by atoms with Crippen molar-refractivity contribution in [2.75, 3.05) is 5.32 Å². The van der Waals surface area contributed by atoms with E-state index >= 15 is 0 Å². The zero-order valence-electron chi connectivity index (χ0n) is 9.88. The maximum absolute atomic E-state index is 12.2. The van der Waals surface area contributed by atoms with Crippen LogP contribution < -0.4 is 5.32 Å². The highest BCUT2D eigenvalue weighted by Gasteiger charge is 2.12. The minimum atomic E-state index is -0.180. The van der Waals surface area contributed by atoms with E-state index in [-0.39, 0.29) is 5.91 Å². The molecule has 0 saturated carbocycles. The zero-order valence-corrected chi connectivity index (χ0v) is 11.5. The molecule has 1 aromatic carbocycles. The highest BCUT2D eigenvalue weighted by molar-refractivity contribution is 9.10. The van der Waals surface area contributed by atoms with Crippen LogP contribution in [-0.4, -0.2) is 15.3 Å². The number of aromatic nitrogens is 2. The van der Waals surface area contributed by atoms with Crippen molar-refractivity contribution in [2.45, 2.75) is 0 Å². The molecule has 5 heteroatoms. The number of imidazole rings is 1. The summed E-state index contributed by atoms with van der Waals surface area (Å²) in [6.07, 6.45) is 3.38. The van der Waals surface area contributed by atoms with Crippen molar-refractivity contribution < 1.29 is 4.79 Å². The van der Waals surface area contributed by atoms with Crippen LogP contribution >= 0.6 is 15.9 Å². The smallest absolute Gasteiger partial charge is 0.274 e. The van der Waals surface area contributed by atoms with Gasteiger partial charge in [0.2, 0.25) is 0 Å². The Kier molecular flexibility index (Phi) is 3.05. The number of benzene rings is 1. The summed E-state index contributed by atoms with van der Waals surface area (Å²) >= 11 is 3.38. The number of para-hydroxylation sites is 1. The Hall–Kier alpha value is -2.14. The molecule has 0 aliphatic heterocycles. The first-order valence-corrected chi connectivity index (χ1v) is 6.52. The second kappa shape index (κ2) is 4.85. The fourth-order valence-electron chi connectivity index (χ4n) is 1.84. The molecule has 0 fully saturated rings. The summed E-state index contributed by atoms with van der Waals surface area (Å²) in [5, 5.41) is 2.84. The second-order valence-corrected chi connectivity index (χ2v) is 4.95. The summed E-state index contributed by atoms with van der Waals surface area (Å²) in [5.74, 6) is -0.180. The second-order valence-electron chi connectivity index (χ2n) is 4.04. The molecule has 0 radical (unpaired) electrons. The van der Waals surface area contributed by atoms with E-state index in [1.165, 1.54) is 0 Å². The van der Waals surface area contributed by atoms with Gasteiger partial charge < -0.3 is 5.32 Å². The van der Waals surface area contributed by atoms with Gasteiger partial charge in [0, 0.05) is 16.4 Å². The molecule has 2 aromatic heterocycles. The van der Waals surface area contributed by atoms with Crippen LogP contribution in [0.25, 0.3) is 5.65 Å². The normalized spacial score (nSPS) is 10.6. The van der Waals surface area contributed by atoms with Gasteiger partial charge in [-0.2, -0.15) is 0 Å². The molecule has 94 valence electrons. The van der Waals surface area contributed by atoms with Crippen LogP contribution in [0.2, 0.25) is 0 Å². The predicted molar refractivity (Wildman–Crippen MR) is 77.3 cm³/mol. The van der Waals surface area contributed by atoms with E-state index in [2.05, 4.69) is 26.2 Å². The molecule has 1 amide bonds. The first-order chi connectivity index (χ1) is 9.24. The summed E-state index contributed by atoms with van der Waals surface area (Å²) in [6, 6.07) is 13.1. The molecule has 19 heavy (non-hydrogen) atoms. The average Bonchev–Trinajstić information content (AvgIpc) is 2.82. The number of hydrogen-bond acceptors (Lipinski definition) is 2. The number of hydrogen-bond donors (Lipinski definition) is 1. The minimum Gasteiger partial charge on any atom is -0.321 e. The van der Waals surface area contributed by atoms with Gasteiger partial charge in [-0.3, -0.25) is 9.20 Å². The van der Waals surface area contributed by atoms with Gasteiger partial charge >= 0.3 is 0 Å². The van der Waals surface area contributed by atoms with Crippen molar-refractivity contribution in [3.63, 3.8) is 0 Å². The molecule has 0 aliphatic carbocycles. The summed E-state index contributed by atoms with van der Waals surface area (Å²) in [5.41, 5.74) is 2.00. The van der Waals surface area contributed by atoms with Crippen molar-refractivity contribution in [1.29, 1.82) is 0 Å². The van der Waals surface area contributed by atoms with Crippen LogP contribution in [0.15, 0.2) is 59.3 Å². The SMILES string of the molecule is O=C(Nc1ccccc1)c1cnc2cc(Br)ccn12. The summed E-state index contributed by atoms with van der Waals surface area (Å²) < 4.78 is 2.68. The zero-order chi connectivity index (χ0) is 13.2. The van der Waals surface area contributed by atoms with Gasteiger partial charge in [-0.25, -0.2) is 4.98 Å². The monoisotopic (exact) mass is 315 g/mol. The van der Waals surface area contributed by atoms with Crippen molar-refractivity contribution in [3.05, 3.63) is 65.0 Å². The van der Waals surface area contributed by atoms with Crippen molar-refractivity contribution in [3.8, 4) is 0 Å². The van der Waals surface area contributed by atoms with Gasteiger partial charge in [-0.05, 0) is 24.3 Å². The molecule has 1 N–H and O–H groups in total. The largest absolute Gasteiger partial charge is 0.321 e. The van der Waals surface area contributed by atoms with E-state index in [0.29, 0.717) is 5.69 Å². The Morgan fingerprint density at radius 1 is 1.21 bits per heavy atom. The van der Waals surface area contributed by atoms with Gasteiger partial charge in [0.1, 0.15) is 11.3 Å². The maximum Gasteiger partial charge on any atom is 0.274 e. The van der Waals surface area contributed by atoms with Crippen molar-refractivity contribution in [2.24, 2.45) is 0 Å². The number of nitrogens with zero attached hydrogens (tertiary/aromatic N) is 2. The lowest BCUT2D eigenvalue weighted by atomic mass is 10.3. The lowest BCUT2D eigenvalue weighted by Gasteiger charge is -2.04. The molecule has 0 unspecified atom stereocenters. The van der Waals surface area contributed by atoms with Crippen LogP contribution in [-0.2, 0) is 0 Å². The van der Waals surface area contributed by atoms with E-state index < -0.39 is 0 Å². The van der Waals surface area contributed by atoms with Gasteiger partial charge in [0.05, 0.1) is 6.20 Å². The Labute approximate surface area is 118 Å². The van der Waals surface area contributed by atoms with E-state index in [4.69, 9.17) is 0 Å². The fourth-order valence-corrected chi connectivity index (χ4v) is 2.16. The standard InChI is InChI=1S/C14H10BrN3O/c15-10-6-7-18-12(9-16-13(18)8-10)14(19)17-11-4-2-1-3-5-11/h1-9H,(H,17,19). The number of carbonyl (C=O) groups is 1. The molecule has 2 heterocycles. The number of carbonyl (C=O) groups excluding carboxylic acids is 1. The lowest BCUT2D eigenvalue weighted by Crippen LogP contribution is -2.14. The maximum atomic E-state index is 12.2. The topological polar surface area (TPSA) is 46.4 Å². The number of rotatable bonds is 2. The summed E-state index contributed by atoms with van der Waals surface area (Å²) in [4.78, 5) is 16.4. The first kappa shape index (κ1) is 11.9. The molecule has 0 saturated heterocycles. The third-order valence-electron chi connectivity index (χ3n) is 2.74. The molecule has 0 spiro atoms. The number of anilines is 1. The van der Waals surface area contributed by atoms with E-state index in [0.717, 1.165) is 15.8 Å². The minimum absolute atomic E-state index is 0.180. The Morgan fingerprint density at radius 3 is 2.79 bits per heavy atom. The van der Waals surface area contributed by atoms with Crippen molar-refractivity contribution in [1.82, 2.24) is 9.38 Å². The van der Waals surface area contributed by atoms with E-state index in [1.54, 1.807) is 10.6 Å². The van der Waals surface area contributed by atoms with Crippen LogP contribution in [0.1, 0.15) is 10.5 Å². The molecule has 4 nitrogen and oxygen atoms in total. The van der Waals surface area contributed by atoms with Gasteiger partial charge in [-0.1, -0.05) is 34.1 Å². The molecule has 0 bridgehead atoms. The van der Waals surface area contributed by atoms with Crippen LogP contribution in [0.3, 0.4) is 0 Å². The number of amides is 1. The number of nitrogens with one attached hydrogen (secondary N) is 1. The number of pyridine rings is 1. The first-order valence-electron chi connectivity index (χ1n) is 5.73. The van der Waals surface area contributed by atoms with Crippen LogP contribution in [0.5, 0.6) is 0 Å². The van der Waals surface area contributed by atoms with E-state index in [9.17, 15) is 4.79 Å². The van der Waals surface area contributed by atoms with Crippen LogP contribution in [0.4, 0.5) is 5.69 Å². The highest BCUT2D eigenvalue weighted by atomic mass is 79.9. The molecule has 0 aliphatic rings. The van der Waals surface area contributed by atoms with Gasteiger partial charge in [-0.15, -0.1) is 0 Å². The Balaban J connectivity index is 1.94. The van der Waals surface area contributed by atoms with Crippen molar-refractivity contribution >= 4 is 33.2 Å². The quantitative estimate of drug-likeness (QED) is 0.788. The van der Waals surface area contributed by atoms with E-state index in [1.807, 2.05) is 48.7 Å². The van der Waals surface area contributed by atoms with Crippen LogP contribution in [0, 0.1) is 0 Å². The third kappa shape index (κ3) is 2.37. The molecular weight excluding hydrogens is 306 g/mol. The molecule has 0 atom stereocenters. The molecular formula is C14H10BrN3O. The summed E-state index contributed by atoms with van der Waals surface area (Å²) in [6.45, 7) is 0. The number of halogens is 1. The number of fused-ring (bicyclic) bond motifs is 1. The Morgan fingerprint density at radius 2 is 2.00 bits per heavy atom. The third-order valence-corrected chi connectivity index (χ3v) is 3.23. The van der Waals surface area contributed by atoms with Gasteiger partial charge in [0.25, 0.3) is 5.91 Å². The predicted octanol–water partition coefficient (Wildman–Crippen LogP) is 3.35. The molecule has 3 aromatic rings. The van der Waals surface area contributed by atoms with Gasteiger partial charge in [0.15, 0.2) is 0 Å². The Bertz CT molecular complexity index is 737. The lowest BCUT2D eigenvalue weighted by molar-refractivity contribution is 0.102. The highest BCUT2D eigenvalue weighted by Crippen LogP contribution is 2.15.